The molecule has 2 rings (SSSR count). The molecule has 0 spiro atoms. The summed E-state index contributed by atoms with van der Waals surface area (Å²) >= 11 is 0. The predicted octanol–water partition coefficient (Wildman–Crippen LogP) is 1.17. The summed E-state index contributed by atoms with van der Waals surface area (Å²) in [7, 11) is 0. The molecule has 0 bridgehead atoms. The Labute approximate surface area is 87.5 Å². The summed E-state index contributed by atoms with van der Waals surface area (Å²) in [4.78, 5) is 3.93. The van der Waals surface area contributed by atoms with E-state index in [1.807, 2.05) is 26.0 Å². The number of rotatable bonds is 2. The standard InChI is InChI=1S/C10H11N5/c1-8-13-14-9(2)15(8)12-7-10-3-5-11-6-4-10/h3-7H,1-2H3/b12-7-. The van der Waals surface area contributed by atoms with Gasteiger partial charge in [0.1, 0.15) is 0 Å². The normalized spacial score (nSPS) is 11.1. The van der Waals surface area contributed by atoms with Gasteiger partial charge in [0.15, 0.2) is 11.6 Å². The molecule has 0 aliphatic carbocycles. The Balaban J connectivity index is 2.26. The largest absolute Gasteiger partial charge is 0.265 e. The number of aromatic nitrogens is 4. The van der Waals surface area contributed by atoms with Gasteiger partial charge in [-0.05, 0) is 31.5 Å². The van der Waals surface area contributed by atoms with Crippen molar-refractivity contribution >= 4 is 6.21 Å². The van der Waals surface area contributed by atoms with E-state index in [2.05, 4.69) is 20.3 Å². The minimum Gasteiger partial charge on any atom is -0.265 e. The lowest BCUT2D eigenvalue weighted by Crippen LogP contribution is -1.96. The van der Waals surface area contributed by atoms with E-state index in [1.54, 1.807) is 23.3 Å². The second kappa shape index (κ2) is 4.00. The van der Waals surface area contributed by atoms with Crippen LogP contribution < -0.4 is 0 Å². The van der Waals surface area contributed by atoms with Crippen LogP contribution in [0, 0.1) is 13.8 Å². The van der Waals surface area contributed by atoms with Crippen LogP contribution in [0.15, 0.2) is 29.6 Å². The lowest BCUT2D eigenvalue weighted by Gasteiger charge is -1.96. The predicted molar refractivity (Wildman–Crippen MR) is 56.7 cm³/mol. The molecule has 5 heteroatoms. The van der Waals surface area contributed by atoms with Crippen LogP contribution in [0.1, 0.15) is 17.2 Å². The maximum Gasteiger partial charge on any atom is 0.151 e. The van der Waals surface area contributed by atoms with E-state index in [4.69, 9.17) is 0 Å². The molecular formula is C10H11N5. The highest BCUT2D eigenvalue weighted by Crippen LogP contribution is 1.99. The van der Waals surface area contributed by atoms with Gasteiger partial charge in [0.05, 0.1) is 6.21 Å². The third kappa shape index (κ3) is 2.07. The second-order valence-electron chi connectivity index (χ2n) is 3.13. The van der Waals surface area contributed by atoms with Gasteiger partial charge in [-0.2, -0.15) is 5.10 Å². The van der Waals surface area contributed by atoms with Crippen molar-refractivity contribution in [3.05, 3.63) is 41.7 Å². The quantitative estimate of drug-likeness (QED) is 0.685. The van der Waals surface area contributed by atoms with Crippen LogP contribution in [0.2, 0.25) is 0 Å². The molecule has 0 saturated carbocycles. The number of aryl methyl sites for hydroxylation is 2. The Morgan fingerprint density at radius 1 is 1.13 bits per heavy atom. The Hall–Kier alpha value is -2.04. The van der Waals surface area contributed by atoms with Gasteiger partial charge in [0.25, 0.3) is 0 Å². The van der Waals surface area contributed by atoms with Crippen molar-refractivity contribution in [2.75, 3.05) is 0 Å². The zero-order valence-corrected chi connectivity index (χ0v) is 8.62. The Morgan fingerprint density at radius 3 is 2.33 bits per heavy atom. The maximum atomic E-state index is 4.27. The molecule has 2 heterocycles. The van der Waals surface area contributed by atoms with E-state index in [9.17, 15) is 0 Å². The fourth-order valence-electron chi connectivity index (χ4n) is 1.20. The van der Waals surface area contributed by atoms with E-state index < -0.39 is 0 Å². The van der Waals surface area contributed by atoms with Gasteiger partial charge in [-0.25, -0.2) is 4.68 Å². The minimum atomic E-state index is 0.776. The summed E-state index contributed by atoms with van der Waals surface area (Å²) < 4.78 is 1.69. The molecule has 0 N–H and O–H groups in total. The molecule has 2 aromatic heterocycles. The van der Waals surface area contributed by atoms with Gasteiger partial charge in [0.2, 0.25) is 0 Å². The molecule has 15 heavy (non-hydrogen) atoms. The van der Waals surface area contributed by atoms with Crippen LogP contribution in [0.25, 0.3) is 0 Å². The first-order valence-corrected chi connectivity index (χ1v) is 4.60. The average Bonchev–Trinajstić information content (AvgIpc) is 2.58. The molecule has 0 aliphatic rings. The van der Waals surface area contributed by atoms with Crippen molar-refractivity contribution in [2.45, 2.75) is 13.8 Å². The van der Waals surface area contributed by atoms with Crippen LogP contribution in [-0.4, -0.2) is 26.1 Å². The summed E-state index contributed by atoms with van der Waals surface area (Å²) in [5.74, 6) is 1.55. The first kappa shape index (κ1) is 9.51. The lowest BCUT2D eigenvalue weighted by molar-refractivity contribution is 0.799. The molecule has 0 atom stereocenters. The molecule has 0 saturated heterocycles. The second-order valence-corrected chi connectivity index (χ2v) is 3.13. The number of hydrogen-bond acceptors (Lipinski definition) is 4. The first-order valence-electron chi connectivity index (χ1n) is 4.60. The molecular weight excluding hydrogens is 190 g/mol. The van der Waals surface area contributed by atoms with E-state index in [1.165, 1.54) is 0 Å². The van der Waals surface area contributed by atoms with E-state index in [0.29, 0.717) is 0 Å². The zero-order valence-electron chi connectivity index (χ0n) is 8.62. The topological polar surface area (TPSA) is 56.0 Å². The first-order chi connectivity index (χ1) is 7.27. The summed E-state index contributed by atoms with van der Waals surface area (Å²) in [5.41, 5.74) is 0.998. The molecule has 76 valence electrons. The molecule has 0 aliphatic heterocycles. The third-order valence-electron chi connectivity index (χ3n) is 1.98. The maximum absolute atomic E-state index is 4.27. The van der Waals surface area contributed by atoms with Crippen molar-refractivity contribution in [3.63, 3.8) is 0 Å². The SMILES string of the molecule is Cc1nnc(C)n1/N=C\c1ccncc1. The highest BCUT2D eigenvalue weighted by molar-refractivity contribution is 5.79. The number of nitrogens with zero attached hydrogens (tertiary/aromatic N) is 5. The minimum absolute atomic E-state index is 0.776. The molecule has 0 fully saturated rings. The van der Waals surface area contributed by atoms with Crippen molar-refractivity contribution in [1.82, 2.24) is 19.9 Å². The van der Waals surface area contributed by atoms with Crippen LogP contribution in [0.4, 0.5) is 0 Å². The zero-order chi connectivity index (χ0) is 10.7. The molecule has 5 nitrogen and oxygen atoms in total. The number of hydrogen-bond donors (Lipinski definition) is 0. The van der Waals surface area contributed by atoms with Crippen LogP contribution in [0.3, 0.4) is 0 Å². The highest BCUT2D eigenvalue weighted by Gasteiger charge is 2.00. The van der Waals surface area contributed by atoms with Crippen molar-refractivity contribution in [3.8, 4) is 0 Å². The van der Waals surface area contributed by atoms with E-state index in [-0.39, 0.29) is 0 Å². The lowest BCUT2D eigenvalue weighted by atomic mass is 10.3. The summed E-state index contributed by atoms with van der Waals surface area (Å²) in [5, 5.41) is 12.1. The van der Waals surface area contributed by atoms with Crippen molar-refractivity contribution in [1.29, 1.82) is 0 Å². The van der Waals surface area contributed by atoms with Crippen LogP contribution in [-0.2, 0) is 0 Å². The van der Waals surface area contributed by atoms with Crippen LogP contribution in [0.5, 0.6) is 0 Å². The van der Waals surface area contributed by atoms with Crippen molar-refractivity contribution < 1.29 is 0 Å². The third-order valence-corrected chi connectivity index (χ3v) is 1.98. The van der Waals surface area contributed by atoms with Gasteiger partial charge in [-0.1, -0.05) is 0 Å². The molecule has 0 aromatic carbocycles. The van der Waals surface area contributed by atoms with Crippen LogP contribution >= 0.6 is 0 Å². The summed E-state index contributed by atoms with van der Waals surface area (Å²) in [6, 6.07) is 3.77. The Kier molecular flexibility index (Phi) is 2.53. The molecule has 0 radical (unpaired) electrons. The Bertz CT molecular complexity index is 452. The van der Waals surface area contributed by atoms with E-state index in [0.717, 1.165) is 17.2 Å². The fraction of sp³-hybridized carbons (Fsp3) is 0.200. The monoisotopic (exact) mass is 201 g/mol. The molecule has 0 unspecified atom stereocenters. The molecule has 0 amide bonds. The Morgan fingerprint density at radius 2 is 1.73 bits per heavy atom. The molecule has 2 aromatic rings. The fourth-order valence-corrected chi connectivity index (χ4v) is 1.20. The van der Waals surface area contributed by atoms with Gasteiger partial charge < -0.3 is 0 Å². The summed E-state index contributed by atoms with van der Waals surface area (Å²) in [6.45, 7) is 3.73. The van der Waals surface area contributed by atoms with Gasteiger partial charge in [-0.15, -0.1) is 10.2 Å². The smallest absolute Gasteiger partial charge is 0.151 e. The summed E-state index contributed by atoms with van der Waals surface area (Å²) in [6.07, 6.45) is 5.21. The van der Waals surface area contributed by atoms with Gasteiger partial charge >= 0.3 is 0 Å². The van der Waals surface area contributed by atoms with Gasteiger partial charge in [-0.3, -0.25) is 4.98 Å². The van der Waals surface area contributed by atoms with Crippen molar-refractivity contribution in [2.24, 2.45) is 5.10 Å². The average molecular weight is 201 g/mol. The van der Waals surface area contributed by atoms with E-state index >= 15 is 0 Å². The number of pyridine rings is 1. The van der Waals surface area contributed by atoms with Gasteiger partial charge in [0, 0.05) is 12.4 Å². The highest BCUT2D eigenvalue weighted by atomic mass is 15.4.